The lowest BCUT2D eigenvalue weighted by Crippen LogP contribution is -2.35. The molecule has 0 aliphatic heterocycles. The van der Waals surface area contributed by atoms with Crippen molar-refractivity contribution in [1.29, 1.82) is 0 Å². The highest BCUT2D eigenvalue weighted by Crippen LogP contribution is 2.25. The minimum atomic E-state index is 0.483. The first-order valence-corrected chi connectivity index (χ1v) is 9.22. The molecule has 0 amide bonds. The van der Waals surface area contributed by atoms with E-state index in [0.717, 1.165) is 30.2 Å². The molecule has 1 aromatic rings. The van der Waals surface area contributed by atoms with Gasteiger partial charge in [0.2, 0.25) is 0 Å². The van der Waals surface area contributed by atoms with E-state index in [1.165, 1.54) is 11.1 Å². The summed E-state index contributed by atoms with van der Waals surface area (Å²) < 4.78 is 0. The van der Waals surface area contributed by atoms with Crippen LogP contribution >= 0.6 is 11.8 Å². The number of hydrogen-bond donors (Lipinski definition) is 1. The number of rotatable bonds is 8. The highest BCUT2D eigenvalue weighted by atomic mass is 32.2. The summed E-state index contributed by atoms with van der Waals surface area (Å²) in [5.41, 5.74) is 3.76. The van der Waals surface area contributed by atoms with E-state index in [4.69, 9.17) is 4.98 Å². The summed E-state index contributed by atoms with van der Waals surface area (Å²) >= 11 is 1.90. The Kier molecular flexibility index (Phi) is 7.53. The fourth-order valence-electron chi connectivity index (χ4n) is 2.53. The summed E-state index contributed by atoms with van der Waals surface area (Å²) in [5.74, 6) is 2.28. The highest BCUT2D eigenvalue weighted by molar-refractivity contribution is 7.98. The highest BCUT2D eigenvalue weighted by Gasteiger charge is 2.19. The normalized spacial score (nSPS) is 12.8. The van der Waals surface area contributed by atoms with E-state index in [-0.39, 0.29) is 0 Å². The van der Waals surface area contributed by atoms with Crippen molar-refractivity contribution in [2.75, 3.05) is 24.0 Å². The summed E-state index contributed by atoms with van der Waals surface area (Å²) in [6.07, 6.45) is 3.32. The van der Waals surface area contributed by atoms with Gasteiger partial charge in [0.25, 0.3) is 0 Å². The van der Waals surface area contributed by atoms with Gasteiger partial charge in [-0.15, -0.1) is 0 Å². The van der Waals surface area contributed by atoms with Crippen LogP contribution in [0.3, 0.4) is 0 Å². The third kappa shape index (κ3) is 5.19. The molecule has 0 spiro atoms. The van der Waals surface area contributed by atoms with Crippen molar-refractivity contribution < 1.29 is 0 Å². The van der Waals surface area contributed by atoms with Gasteiger partial charge in [-0.05, 0) is 38.2 Å². The van der Waals surface area contributed by atoms with Crippen LogP contribution in [0, 0.1) is 13.8 Å². The molecule has 21 heavy (non-hydrogen) atoms. The Labute approximate surface area is 134 Å². The largest absolute Gasteiger partial charge is 0.356 e. The van der Waals surface area contributed by atoms with Crippen LogP contribution in [-0.4, -0.2) is 36.1 Å². The minimum Gasteiger partial charge on any atom is -0.356 e. The molecule has 1 unspecified atom stereocenters. The van der Waals surface area contributed by atoms with Gasteiger partial charge in [0.15, 0.2) is 0 Å². The fourth-order valence-corrected chi connectivity index (χ4v) is 3.37. The van der Waals surface area contributed by atoms with Crippen molar-refractivity contribution >= 4 is 17.6 Å². The van der Waals surface area contributed by atoms with Gasteiger partial charge in [-0.1, -0.05) is 20.8 Å². The molecule has 1 aromatic heterocycles. The van der Waals surface area contributed by atoms with Gasteiger partial charge in [-0.25, -0.2) is 4.98 Å². The minimum absolute atomic E-state index is 0.483. The molecule has 120 valence electrons. The summed E-state index contributed by atoms with van der Waals surface area (Å²) in [6.45, 7) is 11.8. The maximum atomic E-state index is 4.84. The molecular formula is C17H31N3S. The zero-order valence-electron chi connectivity index (χ0n) is 14.7. The predicted octanol–water partition coefficient (Wildman–Crippen LogP) is 3.77. The molecule has 0 fully saturated rings. The third-order valence-electron chi connectivity index (χ3n) is 3.85. The average Bonchev–Trinajstić information content (AvgIpc) is 2.42. The van der Waals surface area contributed by atoms with Gasteiger partial charge < -0.3 is 10.2 Å². The number of thioether (sulfide) groups is 1. The summed E-state index contributed by atoms with van der Waals surface area (Å²) in [6, 6.07) is 3.20. The Bertz CT molecular complexity index is 446. The topological polar surface area (TPSA) is 28.2 Å². The van der Waals surface area contributed by atoms with Gasteiger partial charge in [-0.2, -0.15) is 11.8 Å². The Balaban J connectivity index is 3.12. The molecule has 0 aliphatic carbocycles. The Morgan fingerprint density at radius 3 is 2.52 bits per heavy atom. The zero-order valence-corrected chi connectivity index (χ0v) is 15.5. The van der Waals surface area contributed by atoms with Crippen molar-refractivity contribution in [3.05, 3.63) is 22.9 Å². The van der Waals surface area contributed by atoms with Gasteiger partial charge in [-0.3, -0.25) is 0 Å². The van der Waals surface area contributed by atoms with Gasteiger partial charge in [0.1, 0.15) is 5.82 Å². The van der Waals surface area contributed by atoms with Gasteiger partial charge >= 0.3 is 0 Å². The predicted molar refractivity (Wildman–Crippen MR) is 96.6 cm³/mol. The number of nitrogens with one attached hydrogen (secondary N) is 1. The van der Waals surface area contributed by atoms with E-state index < -0.39 is 0 Å². The first-order chi connectivity index (χ1) is 9.90. The van der Waals surface area contributed by atoms with E-state index in [9.17, 15) is 0 Å². The smallest absolute Gasteiger partial charge is 0.133 e. The molecular weight excluding hydrogens is 278 g/mol. The Morgan fingerprint density at radius 2 is 2.00 bits per heavy atom. The van der Waals surface area contributed by atoms with Crippen LogP contribution in [0.4, 0.5) is 5.82 Å². The zero-order chi connectivity index (χ0) is 16.0. The first-order valence-electron chi connectivity index (χ1n) is 7.82. The van der Waals surface area contributed by atoms with Crippen LogP contribution in [0.1, 0.15) is 44.0 Å². The molecule has 3 nitrogen and oxygen atoms in total. The molecule has 0 radical (unpaired) electrons. The molecule has 0 saturated carbocycles. The standard InChI is InChI=1S/C17H31N3S/c1-8-15(11-21-7)20(6)17-16(10-18-12(2)3)13(4)9-14(5)19-17/h9,12,15,18H,8,10-11H2,1-7H3. The molecule has 1 atom stereocenters. The lowest BCUT2D eigenvalue weighted by Gasteiger charge is -2.30. The van der Waals surface area contributed by atoms with Crippen molar-refractivity contribution in [2.45, 2.75) is 59.7 Å². The van der Waals surface area contributed by atoms with Crippen molar-refractivity contribution in [3.63, 3.8) is 0 Å². The van der Waals surface area contributed by atoms with Gasteiger partial charge in [0, 0.05) is 42.7 Å². The molecule has 1 N–H and O–H groups in total. The number of pyridine rings is 1. The maximum absolute atomic E-state index is 4.84. The van der Waals surface area contributed by atoms with Crippen LogP contribution in [0.2, 0.25) is 0 Å². The number of aryl methyl sites for hydroxylation is 2. The number of aromatic nitrogens is 1. The van der Waals surface area contributed by atoms with Crippen LogP contribution in [0.25, 0.3) is 0 Å². The van der Waals surface area contributed by atoms with Crippen molar-refractivity contribution in [3.8, 4) is 0 Å². The Morgan fingerprint density at radius 1 is 1.33 bits per heavy atom. The quantitative estimate of drug-likeness (QED) is 0.791. The summed E-state index contributed by atoms with van der Waals surface area (Å²) in [4.78, 5) is 7.21. The van der Waals surface area contributed by atoms with Crippen LogP contribution < -0.4 is 10.2 Å². The van der Waals surface area contributed by atoms with Gasteiger partial charge in [0.05, 0.1) is 0 Å². The van der Waals surface area contributed by atoms with Crippen LogP contribution in [0.15, 0.2) is 6.07 Å². The van der Waals surface area contributed by atoms with Crippen molar-refractivity contribution in [1.82, 2.24) is 10.3 Å². The molecule has 1 rings (SSSR count). The Hall–Kier alpha value is -0.740. The average molecular weight is 310 g/mol. The molecule has 0 aromatic carbocycles. The first kappa shape index (κ1) is 18.3. The molecule has 0 aliphatic rings. The lowest BCUT2D eigenvalue weighted by atomic mass is 10.1. The van der Waals surface area contributed by atoms with E-state index in [1.54, 1.807) is 0 Å². The number of nitrogens with zero attached hydrogens (tertiary/aromatic N) is 2. The second kappa shape index (κ2) is 8.64. The second-order valence-corrected chi connectivity index (χ2v) is 6.96. The van der Waals surface area contributed by atoms with E-state index in [1.807, 2.05) is 11.8 Å². The van der Waals surface area contributed by atoms with E-state index >= 15 is 0 Å². The fraction of sp³-hybridized carbons (Fsp3) is 0.706. The number of anilines is 1. The van der Waals surface area contributed by atoms with E-state index in [0.29, 0.717) is 12.1 Å². The SMILES string of the molecule is CCC(CSC)N(C)c1nc(C)cc(C)c1CNC(C)C. The van der Waals surface area contributed by atoms with E-state index in [2.05, 4.69) is 64.2 Å². The maximum Gasteiger partial charge on any atom is 0.133 e. The summed E-state index contributed by atoms with van der Waals surface area (Å²) in [7, 11) is 2.18. The molecule has 0 bridgehead atoms. The molecule has 0 saturated heterocycles. The molecule has 4 heteroatoms. The van der Waals surface area contributed by atoms with Crippen LogP contribution in [0.5, 0.6) is 0 Å². The summed E-state index contributed by atoms with van der Waals surface area (Å²) in [5, 5.41) is 3.53. The number of hydrogen-bond acceptors (Lipinski definition) is 4. The second-order valence-electron chi connectivity index (χ2n) is 6.05. The lowest BCUT2D eigenvalue weighted by molar-refractivity contribution is 0.582. The van der Waals surface area contributed by atoms with Crippen molar-refractivity contribution in [2.24, 2.45) is 0 Å². The third-order valence-corrected chi connectivity index (χ3v) is 4.57. The van der Waals surface area contributed by atoms with Crippen LogP contribution in [-0.2, 0) is 6.54 Å². The molecule has 1 heterocycles. The monoisotopic (exact) mass is 309 g/mol.